The van der Waals surface area contributed by atoms with Gasteiger partial charge in [-0.1, -0.05) is 60.7 Å². The van der Waals surface area contributed by atoms with Crippen molar-refractivity contribution in [3.8, 4) is 0 Å². The smallest absolute Gasteiger partial charge is 0.331 e. The Bertz CT molecular complexity index is 632. The quantitative estimate of drug-likeness (QED) is 0.618. The van der Waals surface area contributed by atoms with Crippen LogP contribution in [0.15, 0.2) is 66.7 Å². The predicted molar refractivity (Wildman–Crippen MR) is 75.8 cm³/mol. The number of carboxylic acids is 1. The van der Waals surface area contributed by atoms with Gasteiger partial charge >= 0.3 is 5.97 Å². The number of rotatable bonds is 5. The van der Waals surface area contributed by atoms with Crippen molar-refractivity contribution < 1.29 is 19.4 Å². The summed E-state index contributed by atoms with van der Waals surface area (Å²) in [5.41, 5.74) is 1.18. The van der Waals surface area contributed by atoms with E-state index < -0.39 is 18.0 Å². The Morgan fingerprint density at radius 1 is 0.952 bits per heavy atom. The summed E-state index contributed by atoms with van der Waals surface area (Å²) in [5.74, 6) is -2.19. The first-order valence-corrected chi connectivity index (χ1v) is 6.36. The van der Waals surface area contributed by atoms with Crippen molar-refractivity contribution in [2.45, 2.75) is 6.10 Å². The van der Waals surface area contributed by atoms with Crippen LogP contribution < -0.4 is 5.11 Å². The van der Waals surface area contributed by atoms with E-state index in [1.807, 2.05) is 30.3 Å². The molecule has 2 aromatic rings. The Labute approximate surface area is 122 Å². The lowest BCUT2D eigenvalue weighted by Crippen LogP contribution is -2.32. The number of ether oxygens (including phenoxy) is 1. The fourth-order valence-electron chi connectivity index (χ4n) is 1.76. The summed E-state index contributed by atoms with van der Waals surface area (Å²) in [6, 6.07) is 17.4. The maximum atomic E-state index is 11.7. The second-order valence-corrected chi connectivity index (χ2v) is 4.29. The van der Waals surface area contributed by atoms with Crippen molar-refractivity contribution in [1.82, 2.24) is 0 Å². The first-order chi connectivity index (χ1) is 10.2. The van der Waals surface area contributed by atoms with Gasteiger partial charge in [0, 0.05) is 6.08 Å². The zero-order valence-corrected chi connectivity index (χ0v) is 11.1. The van der Waals surface area contributed by atoms with Gasteiger partial charge in [-0.2, -0.15) is 0 Å². The van der Waals surface area contributed by atoms with Gasteiger partial charge < -0.3 is 14.6 Å². The zero-order valence-electron chi connectivity index (χ0n) is 11.1. The minimum Gasteiger partial charge on any atom is -0.546 e. The summed E-state index contributed by atoms with van der Waals surface area (Å²) in [6.45, 7) is 0. The fraction of sp³-hybridized carbons (Fsp3) is 0.0588. The zero-order chi connectivity index (χ0) is 15.1. The van der Waals surface area contributed by atoms with Crippen molar-refractivity contribution in [3.63, 3.8) is 0 Å². The monoisotopic (exact) mass is 281 g/mol. The molecule has 0 radical (unpaired) electrons. The lowest BCUT2D eigenvalue weighted by molar-refractivity contribution is -0.316. The highest BCUT2D eigenvalue weighted by Gasteiger charge is 2.16. The number of hydrogen-bond acceptors (Lipinski definition) is 4. The van der Waals surface area contributed by atoms with E-state index >= 15 is 0 Å². The second kappa shape index (κ2) is 7.05. The summed E-state index contributed by atoms with van der Waals surface area (Å²) in [7, 11) is 0. The Balaban J connectivity index is 2.06. The highest BCUT2D eigenvalue weighted by Crippen LogP contribution is 2.17. The number of esters is 1. The number of carboxylic acid groups (broad SMARTS) is 1. The van der Waals surface area contributed by atoms with Crippen LogP contribution in [0.3, 0.4) is 0 Å². The SMILES string of the molecule is O=C(/C=C/c1ccccc1)OC(C(=O)[O-])c1ccccc1. The van der Waals surface area contributed by atoms with Gasteiger partial charge in [0.25, 0.3) is 0 Å². The lowest BCUT2D eigenvalue weighted by Gasteiger charge is -2.18. The van der Waals surface area contributed by atoms with E-state index in [9.17, 15) is 14.7 Å². The molecule has 106 valence electrons. The molecule has 4 nitrogen and oxygen atoms in total. The van der Waals surface area contributed by atoms with Crippen molar-refractivity contribution in [2.75, 3.05) is 0 Å². The fourth-order valence-corrected chi connectivity index (χ4v) is 1.76. The minimum absolute atomic E-state index is 0.360. The summed E-state index contributed by atoms with van der Waals surface area (Å²) in [5, 5.41) is 11.1. The molecule has 0 bridgehead atoms. The average molecular weight is 281 g/mol. The van der Waals surface area contributed by atoms with E-state index in [2.05, 4.69) is 0 Å². The normalized spacial score (nSPS) is 12.0. The number of benzene rings is 2. The molecule has 0 amide bonds. The molecule has 0 saturated heterocycles. The first kappa shape index (κ1) is 14.5. The van der Waals surface area contributed by atoms with E-state index in [0.29, 0.717) is 5.56 Å². The Hall–Kier alpha value is -2.88. The largest absolute Gasteiger partial charge is 0.546 e. The van der Waals surface area contributed by atoms with Crippen LogP contribution in [0.1, 0.15) is 17.2 Å². The van der Waals surface area contributed by atoms with E-state index in [1.54, 1.807) is 36.4 Å². The topological polar surface area (TPSA) is 66.4 Å². The van der Waals surface area contributed by atoms with Gasteiger partial charge in [0.2, 0.25) is 0 Å². The van der Waals surface area contributed by atoms with Crippen LogP contribution in [-0.4, -0.2) is 11.9 Å². The van der Waals surface area contributed by atoms with Crippen LogP contribution in [0, 0.1) is 0 Å². The van der Waals surface area contributed by atoms with Gasteiger partial charge in [-0.15, -0.1) is 0 Å². The third-order valence-electron chi connectivity index (χ3n) is 2.76. The van der Waals surface area contributed by atoms with Gasteiger partial charge in [0.1, 0.15) is 0 Å². The van der Waals surface area contributed by atoms with Gasteiger partial charge in [-0.3, -0.25) is 0 Å². The van der Waals surface area contributed by atoms with Gasteiger partial charge in [-0.05, 0) is 17.2 Å². The third kappa shape index (κ3) is 4.31. The predicted octanol–water partition coefficient (Wildman–Crippen LogP) is 1.73. The first-order valence-electron chi connectivity index (χ1n) is 6.36. The molecule has 1 atom stereocenters. The molecular formula is C17H13O4-. The van der Waals surface area contributed by atoms with Crippen molar-refractivity contribution >= 4 is 18.0 Å². The van der Waals surface area contributed by atoms with E-state index in [0.717, 1.165) is 5.56 Å². The molecule has 21 heavy (non-hydrogen) atoms. The highest BCUT2D eigenvalue weighted by atomic mass is 16.6. The standard InChI is InChI=1S/C17H14O4/c18-15(12-11-13-7-3-1-4-8-13)21-16(17(19)20)14-9-5-2-6-10-14/h1-12,16H,(H,19,20)/p-1/b12-11+. The van der Waals surface area contributed by atoms with Crippen molar-refractivity contribution in [1.29, 1.82) is 0 Å². The van der Waals surface area contributed by atoms with Crippen molar-refractivity contribution in [2.24, 2.45) is 0 Å². The van der Waals surface area contributed by atoms with Crippen LogP contribution in [0.5, 0.6) is 0 Å². The molecular weight excluding hydrogens is 268 g/mol. The van der Waals surface area contributed by atoms with E-state index in [4.69, 9.17) is 4.74 Å². The summed E-state index contributed by atoms with van der Waals surface area (Å²) >= 11 is 0. The van der Waals surface area contributed by atoms with E-state index in [1.165, 1.54) is 6.08 Å². The number of carbonyl (C=O) groups is 2. The highest BCUT2D eigenvalue weighted by molar-refractivity contribution is 5.89. The van der Waals surface area contributed by atoms with Gasteiger partial charge in [0.05, 0.1) is 5.97 Å². The van der Waals surface area contributed by atoms with Crippen molar-refractivity contribution in [3.05, 3.63) is 77.9 Å². The maximum absolute atomic E-state index is 11.7. The average Bonchev–Trinajstić information content (AvgIpc) is 2.52. The molecule has 0 heterocycles. The van der Waals surface area contributed by atoms with Gasteiger partial charge in [0.15, 0.2) is 6.10 Å². The van der Waals surface area contributed by atoms with Crippen LogP contribution in [0.25, 0.3) is 6.08 Å². The van der Waals surface area contributed by atoms with Crippen LogP contribution in [0.4, 0.5) is 0 Å². The van der Waals surface area contributed by atoms with E-state index in [-0.39, 0.29) is 0 Å². The number of aliphatic carboxylic acids is 1. The molecule has 0 spiro atoms. The van der Waals surface area contributed by atoms with Crippen LogP contribution in [-0.2, 0) is 14.3 Å². The molecule has 0 fully saturated rings. The summed E-state index contributed by atoms with van der Waals surface area (Å²) < 4.78 is 4.93. The molecule has 0 aliphatic carbocycles. The molecule has 0 aliphatic heterocycles. The summed E-state index contributed by atoms with van der Waals surface area (Å²) in [4.78, 5) is 22.8. The second-order valence-electron chi connectivity index (χ2n) is 4.29. The number of hydrogen-bond donors (Lipinski definition) is 0. The number of carbonyl (C=O) groups excluding carboxylic acids is 2. The Kier molecular flexibility index (Phi) is 4.88. The Morgan fingerprint density at radius 2 is 1.52 bits per heavy atom. The molecule has 2 rings (SSSR count). The maximum Gasteiger partial charge on any atom is 0.331 e. The molecule has 4 heteroatoms. The van der Waals surface area contributed by atoms with Gasteiger partial charge in [-0.25, -0.2) is 4.79 Å². The van der Waals surface area contributed by atoms with Crippen LogP contribution in [0.2, 0.25) is 0 Å². The molecule has 0 saturated carbocycles. The minimum atomic E-state index is -1.46. The third-order valence-corrected chi connectivity index (χ3v) is 2.76. The molecule has 1 unspecified atom stereocenters. The molecule has 0 aliphatic rings. The molecule has 0 aromatic heterocycles. The molecule has 0 N–H and O–H groups in total. The Morgan fingerprint density at radius 3 is 2.10 bits per heavy atom. The lowest BCUT2D eigenvalue weighted by atomic mass is 10.1. The summed E-state index contributed by atoms with van der Waals surface area (Å²) in [6.07, 6.45) is 1.33. The molecule has 2 aromatic carbocycles. The van der Waals surface area contributed by atoms with Crippen LogP contribution >= 0.6 is 0 Å².